The number of carbonyl (C=O) groups is 1. The third-order valence-corrected chi connectivity index (χ3v) is 4.51. The molecule has 130 valence electrons. The summed E-state index contributed by atoms with van der Waals surface area (Å²) in [4.78, 5) is 12.3. The first-order valence-electron chi connectivity index (χ1n) is 8.37. The molecule has 1 unspecified atom stereocenters. The van der Waals surface area contributed by atoms with Crippen molar-refractivity contribution in [3.63, 3.8) is 0 Å². The minimum atomic E-state index is 0.0348. The van der Waals surface area contributed by atoms with E-state index in [1.165, 1.54) is 0 Å². The van der Waals surface area contributed by atoms with Gasteiger partial charge in [0.05, 0.1) is 14.2 Å². The number of rotatable bonds is 5. The van der Waals surface area contributed by atoms with E-state index in [0.29, 0.717) is 24.3 Å². The SMILES string of the molecule is COc1ccc(C2C=C(Nc3ccccc3C)CC(=O)C2)cc1OC. The molecular weight excluding hydrogens is 314 g/mol. The van der Waals surface area contributed by atoms with Crippen molar-refractivity contribution < 1.29 is 14.3 Å². The van der Waals surface area contributed by atoms with E-state index in [4.69, 9.17) is 9.47 Å². The molecule has 0 spiro atoms. The number of carbonyl (C=O) groups excluding carboxylic acids is 1. The molecule has 1 aliphatic rings. The second kappa shape index (κ2) is 7.43. The number of ether oxygens (including phenoxy) is 2. The van der Waals surface area contributed by atoms with Crippen LogP contribution in [0, 0.1) is 6.92 Å². The van der Waals surface area contributed by atoms with Gasteiger partial charge in [-0.05, 0) is 36.2 Å². The molecule has 2 aromatic carbocycles. The lowest BCUT2D eigenvalue weighted by Gasteiger charge is -2.23. The van der Waals surface area contributed by atoms with Crippen molar-refractivity contribution in [3.05, 3.63) is 65.4 Å². The van der Waals surface area contributed by atoms with Gasteiger partial charge < -0.3 is 14.8 Å². The van der Waals surface area contributed by atoms with Crippen molar-refractivity contribution in [2.24, 2.45) is 0 Å². The van der Waals surface area contributed by atoms with Crippen molar-refractivity contribution in [2.75, 3.05) is 19.5 Å². The number of anilines is 1. The van der Waals surface area contributed by atoms with E-state index in [9.17, 15) is 4.79 Å². The average Bonchev–Trinajstić information content (AvgIpc) is 2.62. The highest BCUT2D eigenvalue weighted by atomic mass is 16.5. The van der Waals surface area contributed by atoms with E-state index in [1.807, 2.05) is 36.4 Å². The predicted octanol–water partition coefficient (Wildman–Crippen LogP) is 4.45. The van der Waals surface area contributed by atoms with E-state index < -0.39 is 0 Å². The van der Waals surface area contributed by atoms with Crippen molar-refractivity contribution in [3.8, 4) is 11.5 Å². The number of ketones is 1. The summed E-state index contributed by atoms with van der Waals surface area (Å²) in [5, 5.41) is 3.41. The summed E-state index contributed by atoms with van der Waals surface area (Å²) in [6, 6.07) is 13.9. The molecule has 0 heterocycles. The lowest BCUT2D eigenvalue weighted by atomic mass is 9.86. The average molecular weight is 337 g/mol. The first-order chi connectivity index (χ1) is 12.1. The Bertz CT molecular complexity index is 811. The molecule has 0 aromatic heterocycles. The zero-order valence-corrected chi connectivity index (χ0v) is 14.8. The van der Waals surface area contributed by atoms with Gasteiger partial charge in [-0.15, -0.1) is 0 Å². The number of nitrogens with one attached hydrogen (secondary N) is 1. The summed E-state index contributed by atoms with van der Waals surface area (Å²) in [7, 11) is 3.24. The molecule has 3 rings (SSSR count). The Hall–Kier alpha value is -2.75. The fraction of sp³-hybridized carbons (Fsp3) is 0.286. The van der Waals surface area contributed by atoms with Crippen LogP contribution in [0.4, 0.5) is 5.69 Å². The Morgan fingerprint density at radius 1 is 1.04 bits per heavy atom. The molecular formula is C21H23NO3. The molecule has 25 heavy (non-hydrogen) atoms. The Morgan fingerprint density at radius 3 is 2.52 bits per heavy atom. The second-order valence-corrected chi connectivity index (χ2v) is 6.27. The molecule has 0 aliphatic heterocycles. The molecule has 0 bridgehead atoms. The van der Waals surface area contributed by atoms with Gasteiger partial charge in [0.2, 0.25) is 0 Å². The number of allylic oxidation sites excluding steroid dienone is 2. The smallest absolute Gasteiger partial charge is 0.161 e. The van der Waals surface area contributed by atoms with Gasteiger partial charge in [-0.1, -0.05) is 30.3 Å². The number of para-hydroxylation sites is 1. The van der Waals surface area contributed by atoms with E-state index >= 15 is 0 Å². The first-order valence-corrected chi connectivity index (χ1v) is 8.37. The van der Waals surface area contributed by atoms with Gasteiger partial charge in [0, 0.05) is 30.1 Å². The number of methoxy groups -OCH3 is 2. The molecule has 2 aromatic rings. The maximum absolute atomic E-state index is 12.3. The van der Waals surface area contributed by atoms with Gasteiger partial charge in [-0.2, -0.15) is 0 Å². The lowest BCUT2D eigenvalue weighted by Crippen LogP contribution is -2.17. The second-order valence-electron chi connectivity index (χ2n) is 6.27. The molecule has 0 radical (unpaired) electrons. The van der Waals surface area contributed by atoms with Crippen LogP contribution in [0.2, 0.25) is 0 Å². The summed E-state index contributed by atoms with van der Waals surface area (Å²) in [6.07, 6.45) is 3.10. The van der Waals surface area contributed by atoms with Gasteiger partial charge in [-0.25, -0.2) is 0 Å². The van der Waals surface area contributed by atoms with E-state index in [-0.39, 0.29) is 11.7 Å². The van der Waals surface area contributed by atoms with E-state index in [2.05, 4.69) is 24.4 Å². The Labute approximate surface area is 148 Å². The zero-order chi connectivity index (χ0) is 17.8. The topological polar surface area (TPSA) is 47.6 Å². The molecule has 1 N–H and O–H groups in total. The molecule has 0 saturated heterocycles. The highest BCUT2D eigenvalue weighted by Gasteiger charge is 2.22. The van der Waals surface area contributed by atoms with Crippen LogP contribution in [-0.4, -0.2) is 20.0 Å². The highest BCUT2D eigenvalue weighted by Crippen LogP contribution is 2.35. The molecule has 0 fully saturated rings. The maximum Gasteiger partial charge on any atom is 0.161 e. The normalized spacial score (nSPS) is 17.0. The zero-order valence-electron chi connectivity index (χ0n) is 14.8. The van der Waals surface area contributed by atoms with Crippen LogP contribution in [0.15, 0.2) is 54.2 Å². The van der Waals surface area contributed by atoms with Crippen molar-refractivity contribution in [1.29, 1.82) is 0 Å². The fourth-order valence-electron chi connectivity index (χ4n) is 3.16. The monoisotopic (exact) mass is 337 g/mol. The van der Waals surface area contributed by atoms with Crippen molar-refractivity contribution in [2.45, 2.75) is 25.7 Å². The van der Waals surface area contributed by atoms with Gasteiger partial charge in [0.25, 0.3) is 0 Å². The maximum atomic E-state index is 12.3. The molecule has 0 amide bonds. The summed E-state index contributed by atoms with van der Waals surface area (Å²) in [5.74, 6) is 1.64. The number of hydrogen-bond donors (Lipinski definition) is 1. The largest absolute Gasteiger partial charge is 0.493 e. The summed E-state index contributed by atoms with van der Waals surface area (Å²) in [5.41, 5.74) is 4.19. The third kappa shape index (κ3) is 3.85. The minimum absolute atomic E-state index is 0.0348. The van der Waals surface area contributed by atoms with Gasteiger partial charge in [-0.3, -0.25) is 4.79 Å². The summed E-state index contributed by atoms with van der Waals surface area (Å²) < 4.78 is 10.7. The summed E-state index contributed by atoms with van der Waals surface area (Å²) in [6.45, 7) is 2.05. The molecule has 1 aliphatic carbocycles. The molecule has 1 atom stereocenters. The molecule has 4 nitrogen and oxygen atoms in total. The first kappa shape index (κ1) is 17.1. The Morgan fingerprint density at radius 2 is 1.80 bits per heavy atom. The van der Waals surface area contributed by atoms with Crippen LogP contribution in [0.3, 0.4) is 0 Å². The van der Waals surface area contributed by atoms with Crippen LogP contribution in [0.5, 0.6) is 11.5 Å². The van der Waals surface area contributed by atoms with E-state index in [1.54, 1.807) is 14.2 Å². The predicted molar refractivity (Wildman–Crippen MR) is 99.4 cm³/mol. The lowest BCUT2D eigenvalue weighted by molar-refractivity contribution is -0.118. The standard InChI is InChI=1S/C21H23NO3/c1-14-6-4-5-7-19(14)22-17-10-16(11-18(23)13-17)15-8-9-20(24-2)21(12-15)25-3/h4-10,12,16,22H,11,13H2,1-3H3. The number of hydrogen-bond acceptors (Lipinski definition) is 4. The van der Waals surface area contributed by atoms with Crippen molar-refractivity contribution >= 4 is 11.5 Å². The Kier molecular flexibility index (Phi) is 5.08. The van der Waals surface area contributed by atoms with Crippen LogP contribution in [0.25, 0.3) is 0 Å². The van der Waals surface area contributed by atoms with Crippen LogP contribution < -0.4 is 14.8 Å². The van der Waals surface area contributed by atoms with Crippen LogP contribution in [0.1, 0.15) is 29.9 Å². The van der Waals surface area contributed by atoms with Gasteiger partial charge in [0.1, 0.15) is 5.78 Å². The third-order valence-electron chi connectivity index (χ3n) is 4.51. The number of benzene rings is 2. The van der Waals surface area contributed by atoms with Crippen molar-refractivity contribution in [1.82, 2.24) is 0 Å². The molecule has 4 heteroatoms. The molecule has 0 saturated carbocycles. The highest BCUT2D eigenvalue weighted by molar-refractivity contribution is 5.84. The van der Waals surface area contributed by atoms with Gasteiger partial charge >= 0.3 is 0 Å². The number of aryl methyl sites for hydroxylation is 1. The van der Waals surface area contributed by atoms with Crippen LogP contribution in [-0.2, 0) is 4.79 Å². The van der Waals surface area contributed by atoms with Gasteiger partial charge in [0.15, 0.2) is 11.5 Å². The number of Topliss-reactive ketones (excluding diaryl/α,β-unsaturated/α-hetero) is 1. The van der Waals surface area contributed by atoms with E-state index in [0.717, 1.165) is 22.5 Å². The quantitative estimate of drug-likeness (QED) is 0.875. The Balaban J connectivity index is 1.89. The van der Waals surface area contributed by atoms with Crippen LogP contribution >= 0.6 is 0 Å². The minimum Gasteiger partial charge on any atom is -0.493 e. The summed E-state index contributed by atoms with van der Waals surface area (Å²) >= 11 is 0. The fourth-order valence-corrected chi connectivity index (χ4v) is 3.16.